The van der Waals surface area contributed by atoms with Gasteiger partial charge in [-0.15, -0.1) is 11.3 Å². The number of thiazole rings is 1. The summed E-state index contributed by atoms with van der Waals surface area (Å²) < 4.78 is 0. The van der Waals surface area contributed by atoms with Crippen molar-refractivity contribution in [3.05, 3.63) is 39.8 Å². The van der Waals surface area contributed by atoms with Crippen LogP contribution in [0.15, 0.2) is 24.3 Å². The fourth-order valence-corrected chi connectivity index (χ4v) is 3.09. The van der Waals surface area contributed by atoms with Crippen LogP contribution < -0.4 is 15.5 Å². The third-order valence-corrected chi connectivity index (χ3v) is 4.26. The van der Waals surface area contributed by atoms with E-state index in [2.05, 4.69) is 22.5 Å². The number of hydrogen-bond donors (Lipinski definition) is 2. The number of urea groups is 1. The lowest BCUT2D eigenvalue weighted by molar-refractivity contribution is 0.252. The third kappa shape index (κ3) is 4.21. The first kappa shape index (κ1) is 16.3. The number of nitrogens with one attached hydrogen (secondary N) is 2. The van der Waals surface area contributed by atoms with Crippen LogP contribution in [0.5, 0.6) is 0 Å². The molecule has 0 unspecified atom stereocenters. The Balaban J connectivity index is 1.94. The summed E-state index contributed by atoms with van der Waals surface area (Å²) in [7, 11) is 3.94. The summed E-state index contributed by atoms with van der Waals surface area (Å²) in [6.45, 7) is 4.57. The summed E-state index contributed by atoms with van der Waals surface area (Å²) >= 11 is 1.63. The highest BCUT2D eigenvalue weighted by Gasteiger charge is 2.09. The van der Waals surface area contributed by atoms with Gasteiger partial charge < -0.3 is 15.5 Å². The molecule has 22 heavy (non-hydrogen) atoms. The Morgan fingerprint density at radius 2 is 2.14 bits per heavy atom. The van der Waals surface area contributed by atoms with Gasteiger partial charge >= 0.3 is 6.03 Å². The lowest BCUT2D eigenvalue weighted by atomic mass is 10.2. The number of rotatable bonds is 5. The van der Waals surface area contributed by atoms with E-state index in [9.17, 15) is 4.79 Å². The summed E-state index contributed by atoms with van der Waals surface area (Å²) in [5.41, 5.74) is 2.89. The Morgan fingerprint density at radius 1 is 1.36 bits per heavy atom. The number of aryl methyl sites for hydroxylation is 2. The van der Waals surface area contributed by atoms with Gasteiger partial charge in [-0.1, -0.05) is 13.0 Å². The van der Waals surface area contributed by atoms with E-state index in [0.717, 1.165) is 33.4 Å². The molecule has 2 N–H and O–H groups in total. The number of benzene rings is 1. The first-order valence-corrected chi connectivity index (χ1v) is 8.08. The number of amides is 2. The van der Waals surface area contributed by atoms with Crippen LogP contribution in [0.2, 0.25) is 0 Å². The van der Waals surface area contributed by atoms with Crippen molar-refractivity contribution in [1.29, 1.82) is 0 Å². The average Bonchev–Trinajstić information content (AvgIpc) is 2.85. The minimum absolute atomic E-state index is 0.205. The molecule has 6 heteroatoms. The second-order valence-electron chi connectivity index (χ2n) is 5.21. The van der Waals surface area contributed by atoms with Crippen molar-refractivity contribution in [2.24, 2.45) is 0 Å². The molecule has 0 aliphatic heterocycles. The van der Waals surface area contributed by atoms with Crippen molar-refractivity contribution in [2.45, 2.75) is 26.8 Å². The molecule has 0 bridgehead atoms. The molecule has 5 nitrogen and oxygen atoms in total. The van der Waals surface area contributed by atoms with Gasteiger partial charge in [0.05, 0.1) is 17.2 Å². The standard InChI is InChI=1S/C16H22N4OS/c1-5-14-15(22-11(2)18-14)10-17-16(21)19-12-7-6-8-13(9-12)20(3)4/h6-9H,5,10H2,1-4H3,(H2,17,19,21). The van der Waals surface area contributed by atoms with E-state index in [-0.39, 0.29) is 6.03 Å². The molecular weight excluding hydrogens is 296 g/mol. The Bertz CT molecular complexity index is 651. The molecule has 2 aromatic rings. The van der Waals surface area contributed by atoms with Crippen LogP contribution in [0.4, 0.5) is 16.2 Å². The molecule has 1 heterocycles. The van der Waals surface area contributed by atoms with Crippen molar-refractivity contribution in [3.8, 4) is 0 Å². The Labute approximate surface area is 135 Å². The normalized spacial score (nSPS) is 10.4. The summed E-state index contributed by atoms with van der Waals surface area (Å²) in [5.74, 6) is 0. The van der Waals surface area contributed by atoms with Crippen LogP contribution in [0.1, 0.15) is 22.5 Å². The van der Waals surface area contributed by atoms with Crippen molar-refractivity contribution < 1.29 is 4.79 Å². The van der Waals surface area contributed by atoms with Crippen molar-refractivity contribution >= 4 is 28.7 Å². The van der Waals surface area contributed by atoms with Crippen LogP contribution in [-0.4, -0.2) is 25.1 Å². The van der Waals surface area contributed by atoms with Gasteiger partial charge in [-0.3, -0.25) is 0 Å². The van der Waals surface area contributed by atoms with Crippen LogP contribution >= 0.6 is 11.3 Å². The molecule has 0 atom stereocenters. The van der Waals surface area contributed by atoms with Gasteiger partial charge in [0.1, 0.15) is 0 Å². The minimum Gasteiger partial charge on any atom is -0.378 e. The van der Waals surface area contributed by atoms with E-state index in [1.807, 2.05) is 50.2 Å². The first-order chi connectivity index (χ1) is 10.5. The summed E-state index contributed by atoms with van der Waals surface area (Å²) in [6, 6.07) is 7.53. The zero-order valence-corrected chi connectivity index (χ0v) is 14.3. The highest BCUT2D eigenvalue weighted by Crippen LogP contribution is 2.19. The number of carbonyl (C=O) groups is 1. The van der Waals surface area contributed by atoms with E-state index in [4.69, 9.17) is 0 Å². The molecule has 0 fully saturated rings. The SMILES string of the molecule is CCc1nc(C)sc1CNC(=O)Nc1cccc(N(C)C)c1. The topological polar surface area (TPSA) is 57.3 Å². The summed E-state index contributed by atoms with van der Waals surface area (Å²) in [6.07, 6.45) is 0.883. The molecule has 0 saturated heterocycles. The van der Waals surface area contributed by atoms with Gasteiger partial charge in [0.2, 0.25) is 0 Å². The predicted molar refractivity (Wildman–Crippen MR) is 92.9 cm³/mol. The zero-order valence-electron chi connectivity index (χ0n) is 13.4. The molecule has 1 aromatic carbocycles. The largest absolute Gasteiger partial charge is 0.378 e. The van der Waals surface area contributed by atoms with Crippen LogP contribution in [-0.2, 0) is 13.0 Å². The first-order valence-electron chi connectivity index (χ1n) is 7.27. The van der Waals surface area contributed by atoms with E-state index < -0.39 is 0 Å². The summed E-state index contributed by atoms with van der Waals surface area (Å²) in [4.78, 5) is 19.6. The van der Waals surface area contributed by atoms with Crippen LogP contribution in [0, 0.1) is 6.92 Å². The van der Waals surface area contributed by atoms with Crippen molar-refractivity contribution in [3.63, 3.8) is 0 Å². The lowest BCUT2D eigenvalue weighted by Gasteiger charge is -2.14. The maximum Gasteiger partial charge on any atom is 0.319 e. The quantitative estimate of drug-likeness (QED) is 0.888. The smallest absolute Gasteiger partial charge is 0.319 e. The highest BCUT2D eigenvalue weighted by atomic mass is 32.1. The predicted octanol–water partition coefficient (Wildman–Crippen LogP) is 3.40. The number of carbonyl (C=O) groups excluding carboxylic acids is 1. The van der Waals surface area contributed by atoms with Crippen molar-refractivity contribution in [2.75, 3.05) is 24.3 Å². The minimum atomic E-state index is -0.205. The Hall–Kier alpha value is -2.08. The fraction of sp³-hybridized carbons (Fsp3) is 0.375. The maximum absolute atomic E-state index is 12.0. The van der Waals surface area contributed by atoms with Gasteiger partial charge in [-0.2, -0.15) is 0 Å². The van der Waals surface area contributed by atoms with Crippen LogP contribution in [0.25, 0.3) is 0 Å². The second kappa shape index (κ2) is 7.26. The van der Waals surface area contributed by atoms with E-state index in [0.29, 0.717) is 6.54 Å². The second-order valence-corrected chi connectivity index (χ2v) is 6.50. The Morgan fingerprint density at radius 3 is 2.82 bits per heavy atom. The molecule has 0 aliphatic carbocycles. The Kier molecular flexibility index (Phi) is 5.38. The van der Waals surface area contributed by atoms with E-state index in [1.165, 1.54) is 0 Å². The molecule has 0 saturated carbocycles. The van der Waals surface area contributed by atoms with E-state index >= 15 is 0 Å². The molecule has 0 radical (unpaired) electrons. The van der Waals surface area contributed by atoms with Gasteiger partial charge in [-0.25, -0.2) is 9.78 Å². The molecule has 2 amide bonds. The third-order valence-electron chi connectivity index (χ3n) is 3.25. The van der Waals surface area contributed by atoms with Crippen molar-refractivity contribution in [1.82, 2.24) is 10.3 Å². The van der Waals surface area contributed by atoms with Gasteiger partial charge in [-0.05, 0) is 31.5 Å². The molecule has 118 valence electrons. The molecule has 0 spiro atoms. The van der Waals surface area contributed by atoms with Gasteiger partial charge in [0.15, 0.2) is 0 Å². The van der Waals surface area contributed by atoms with E-state index in [1.54, 1.807) is 11.3 Å². The number of anilines is 2. The molecule has 2 rings (SSSR count). The fourth-order valence-electron chi connectivity index (χ4n) is 2.12. The molecule has 1 aromatic heterocycles. The number of aromatic nitrogens is 1. The maximum atomic E-state index is 12.0. The lowest BCUT2D eigenvalue weighted by Crippen LogP contribution is -2.28. The van der Waals surface area contributed by atoms with Gasteiger partial charge in [0, 0.05) is 30.3 Å². The average molecular weight is 318 g/mol. The van der Waals surface area contributed by atoms with Crippen LogP contribution in [0.3, 0.4) is 0 Å². The molecule has 0 aliphatic rings. The number of nitrogens with zero attached hydrogens (tertiary/aromatic N) is 2. The summed E-state index contributed by atoms with van der Waals surface area (Å²) in [5, 5.41) is 6.79. The highest BCUT2D eigenvalue weighted by molar-refractivity contribution is 7.11. The monoisotopic (exact) mass is 318 g/mol. The van der Waals surface area contributed by atoms with Gasteiger partial charge in [0.25, 0.3) is 0 Å². The zero-order chi connectivity index (χ0) is 16.1. The number of hydrogen-bond acceptors (Lipinski definition) is 4. The molecular formula is C16H22N4OS.